The maximum atomic E-state index is 5.95. The maximum absolute atomic E-state index is 5.95. The van der Waals surface area contributed by atoms with Crippen LogP contribution in [0.15, 0.2) is 30.3 Å². The van der Waals surface area contributed by atoms with Gasteiger partial charge in [-0.3, -0.25) is 0 Å². The van der Waals surface area contributed by atoms with Crippen LogP contribution < -0.4 is 5.32 Å². The number of likely N-dealkylation sites (tertiary alicyclic amines) is 1. The Kier molecular flexibility index (Phi) is 5.41. The van der Waals surface area contributed by atoms with Crippen molar-refractivity contribution in [3.8, 4) is 0 Å². The Morgan fingerprint density at radius 3 is 2.60 bits per heavy atom. The number of hydrogen-bond acceptors (Lipinski definition) is 4. The normalized spacial score (nSPS) is 33.4. The van der Waals surface area contributed by atoms with Gasteiger partial charge >= 0.3 is 0 Å². The van der Waals surface area contributed by atoms with Crippen molar-refractivity contribution in [3.63, 3.8) is 0 Å². The van der Waals surface area contributed by atoms with Crippen molar-refractivity contribution in [1.82, 2.24) is 15.1 Å². The van der Waals surface area contributed by atoms with E-state index in [9.17, 15) is 0 Å². The molecule has 0 unspecified atom stereocenters. The number of benzene rings is 1. The van der Waals surface area contributed by atoms with Crippen LogP contribution in [0.2, 0.25) is 0 Å². The van der Waals surface area contributed by atoms with E-state index in [1.54, 1.807) is 0 Å². The van der Waals surface area contributed by atoms with E-state index in [0.717, 1.165) is 12.5 Å². The minimum atomic E-state index is 0.471. The van der Waals surface area contributed by atoms with Crippen molar-refractivity contribution in [2.24, 2.45) is 5.92 Å². The van der Waals surface area contributed by atoms with Crippen molar-refractivity contribution in [1.29, 1.82) is 0 Å². The number of nitrogens with one attached hydrogen (secondary N) is 1. The molecule has 2 aliphatic heterocycles. The third kappa shape index (κ3) is 3.77. The summed E-state index contributed by atoms with van der Waals surface area (Å²) >= 11 is 0. The van der Waals surface area contributed by atoms with Crippen molar-refractivity contribution >= 4 is 0 Å². The summed E-state index contributed by atoms with van der Waals surface area (Å²) in [5.74, 6) is 0.739. The fourth-order valence-corrected chi connectivity index (χ4v) is 5.04. The van der Waals surface area contributed by atoms with Crippen molar-refractivity contribution in [3.05, 3.63) is 35.9 Å². The lowest BCUT2D eigenvalue weighted by Gasteiger charge is -2.52. The van der Waals surface area contributed by atoms with Gasteiger partial charge in [-0.15, -0.1) is 0 Å². The SMILES string of the molecule is CN(C)[C@@H]1[C@@H](NC2CCN(CCc3ccccc3)CC2)[C@H]2CCO[C@H]21. The highest BCUT2D eigenvalue weighted by Crippen LogP contribution is 2.41. The van der Waals surface area contributed by atoms with E-state index < -0.39 is 0 Å². The van der Waals surface area contributed by atoms with Gasteiger partial charge in [0.25, 0.3) is 0 Å². The number of nitrogens with zero attached hydrogens (tertiary/aromatic N) is 2. The molecule has 2 heterocycles. The topological polar surface area (TPSA) is 27.7 Å². The first-order valence-electron chi connectivity index (χ1n) is 10.0. The van der Waals surface area contributed by atoms with E-state index in [-0.39, 0.29) is 0 Å². The molecule has 4 heteroatoms. The molecule has 3 aliphatic rings. The van der Waals surface area contributed by atoms with Gasteiger partial charge in [0.05, 0.1) is 12.1 Å². The molecule has 0 amide bonds. The van der Waals surface area contributed by atoms with Crippen molar-refractivity contribution in [2.75, 3.05) is 40.3 Å². The summed E-state index contributed by atoms with van der Waals surface area (Å²) in [6.07, 6.45) is 5.44. The van der Waals surface area contributed by atoms with Crippen LogP contribution in [0, 0.1) is 5.92 Å². The van der Waals surface area contributed by atoms with E-state index in [1.807, 2.05) is 0 Å². The number of rotatable bonds is 6. The molecule has 4 rings (SSSR count). The third-order valence-electron chi connectivity index (χ3n) is 6.52. The molecule has 2 saturated heterocycles. The summed E-state index contributed by atoms with van der Waals surface area (Å²) in [5, 5.41) is 4.00. The molecule has 25 heavy (non-hydrogen) atoms. The standard InChI is InChI=1S/C21H33N3O/c1-23(2)20-19(18-11-15-25-21(18)20)22-17-9-13-24(14-10-17)12-8-16-6-4-3-5-7-16/h3-7,17-22H,8-15H2,1-2H3/t18-,19+,20-,21-/m1/s1. The van der Waals surface area contributed by atoms with E-state index >= 15 is 0 Å². The van der Waals surface area contributed by atoms with E-state index in [2.05, 4.69) is 59.5 Å². The quantitative estimate of drug-likeness (QED) is 0.855. The molecule has 0 bridgehead atoms. The monoisotopic (exact) mass is 343 g/mol. The van der Waals surface area contributed by atoms with Crippen LogP contribution in [0.4, 0.5) is 0 Å². The molecule has 0 spiro atoms. The molecule has 1 N–H and O–H groups in total. The van der Waals surface area contributed by atoms with Gasteiger partial charge in [-0.05, 0) is 58.4 Å². The highest BCUT2D eigenvalue weighted by molar-refractivity contribution is 5.15. The minimum Gasteiger partial charge on any atom is -0.376 e. The van der Waals surface area contributed by atoms with Gasteiger partial charge in [-0.25, -0.2) is 0 Å². The lowest BCUT2D eigenvalue weighted by molar-refractivity contribution is -0.0739. The molecule has 3 fully saturated rings. The fraction of sp³-hybridized carbons (Fsp3) is 0.714. The second-order valence-electron chi connectivity index (χ2n) is 8.29. The molecule has 4 nitrogen and oxygen atoms in total. The Morgan fingerprint density at radius 1 is 1.12 bits per heavy atom. The first-order valence-corrected chi connectivity index (χ1v) is 10.0. The zero-order valence-corrected chi connectivity index (χ0v) is 15.7. The zero-order chi connectivity index (χ0) is 17.2. The maximum Gasteiger partial charge on any atom is 0.0789 e. The number of hydrogen-bond donors (Lipinski definition) is 1. The molecular weight excluding hydrogens is 310 g/mol. The van der Waals surface area contributed by atoms with Crippen LogP contribution in [0.1, 0.15) is 24.8 Å². The largest absolute Gasteiger partial charge is 0.376 e. The van der Waals surface area contributed by atoms with Gasteiger partial charge in [0.15, 0.2) is 0 Å². The highest BCUT2D eigenvalue weighted by Gasteiger charge is 2.55. The molecule has 1 aromatic carbocycles. The molecular formula is C21H33N3O. The summed E-state index contributed by atoms with van der Waals surface area (Å²) in [6.45, 7) is 4.61. The summed E-state index contributed by atoms with van der Waals surface area (Å²) in [7, 11) is 4.40. The first kappa shape index (κ1) is 17.5. The third-order valence-corrected chi connectivity index (χ3v) is 6.52. The van der Waals surface area contributed by atoms with Gasteiger partial charge in [-0.2, -0.15) is 0 Å². The Bertz CT molecular complexity index is 541. The Labute approximate surface area is 152 Å². The average Bonchev–Trinajstić information content (AvgIpc) is 3.03. The van der Waals surface area contributed by atoms with Crippen LogP contribution in [-0.4, -0.2) is 74.4 Å². The van der Waals surface area contributed by atoms with Crippen LogP contribution in [0.5, 0.6) is 0 Å². The average molecular weight is 344 g/mol. The zero-order valence-electron chi connectivity index (χ0n) is 15.7. The first-order chi connectivity index (χ1) is 12.2. The molecule has 1 aliphatic carbocycles. The second kappa shape index (κ2) is 7.75. The van der Waals surface area contributed by atoms with Gasteiger partial charge in [0.2, 0.25) is 0 Å². The van der Waals surface area contributed by atoms with Crippen LogP contribution in [0.3, 0.4) is 0 Å². The van der Waals surface area contributed by atoms with Gasteiger partial charge in [-0.1, -0.05) is 30.3 Å². The fourth-order valence-electron chi connectivity index (χ4n) is 5.04. The number of piperidine rings is 1. The Hall–Kier alpha value is -0.940. The van der Waals surface area contributed by atoms with E-state index in [4.69, 9.17) is 4.74 Å². The molecule has 138 valence electrons. The predicted molar refractivity (Wildman–Crippen MR) is 102 cm³/mol. The molecule has 0 radical (unpaired) electrons. The van der Waals surface area contributed by atoms with Crippen molar-refractivity contribution < 1.29 is 4.74 Å². The summed E-state index contributed by atoms with van der Waals surface area (Å²) in [6, 6.07) is 12.7. The molecule has 4 atom stereocenters. The van der Waals surface area contributed by atoms with Crippen molar-refractivity contribution in [2.45, 2.75) is 49.9 Å². The van der Waals surface area contributed by atoms with Gasteiger partial charge < -0.3 is 19.9 Å². The number of likely N-dealkylation sites (N-methyl/N-ethyl adjacent to an activating group) is 1. The molecule has 0 aromatic heterocycles. The smallest absolute Gasteiger partial charge is 0.0789 e. The second-order valence-corrected chi connectivity index (χ2v) is 8.29. The lowest BCUT2D eigenvalue weighted by Crippen LogP contribution is -2.70. The summed E-state index contributed by atoms with van der Waals surface area (Å²) in [4.78, 5) is 5.00. The van der Waals surface area contributed by atoms with Gasteiger partial charge in [0, 0.05) is 31.2 Å². The minimum absolute atomic E-state index is 0.471. The molecule has 1 saturated carbocycles. The predicted octanol–water partition coefficient (Wildman–Crippen LogP) is 2.00. The van der Waals surface area contributed by atoms with Gasteiger partial charge in [0.1, 0.15) is 0 Å². The Morgan fingerprint density at radius 2 is 1.88 bits per heavy atom. The number of ether oxygens (including phenoxy) is 1. The van der Waals surface area contributed by atoms with Crippen LogP contribution >= 0.6 is 0 Å². The Balaban J connectivity index is 1.22. The summed E-state index contributed by atoms with van der Waals surface area (Å²) < 4.78 is 5.95. The van der Waals surface area contributed by atoms with E-state index in [1.165, 1.54) is 50.9 Å². The van der Waals surface area contributed by atoms with Crippen LogP contribution in [0.25, 0.3) is 0 Å². The number of fused-ring (bicyclic) bond motifs is 1. The lowest BCUT2D eigenvalue weighted by atomic mass is 9.70. The summed E-state index contributed by atoms with van der Waals surface area (Å²) in [5.41, 5.74) is 1.46. The molecule has 1 aromatic rings. The van der Waals surface area contributed by atoms with E-state index in [0.29, 0.717) is 24.2 Å². The van der Waals surface area contributed by atoms with Crippen LogP contribution in [-0.2, 0) is 11.2 Å². The highest BCUT2D eigenvalue weighted by atomic mass is 16.5.